The predicted octanol–water partition coefficient (Wildman–Crippen LogP) is 0.623. The summed E-state index contributed by atoms with van der Waals surface area (Å²) in [5.74, 6) is -0.860. The lowest BCUT2D eigenvalue weighted by Crippen LogP contribution is -2.14. The van der Waals surface area contributed by atoms with Crippen LogP contribution < -0.4 is 9.88 Å². The van der Waals surface area contributed by atoms with Gasteiger partial charge in [-0.1, -0.05) is 6.07 Å². The third-order valence-electron chi connectivity index (χ3n) is 1.58. The number of methoxy groups -OCH3 is 1. The SMILES string of the molecule is COc1cc(CS(N)(=O)=O)ccc1F. The largest absolute Gasteiger partial charge is 0.494 e. The molecule has 0 aliphatic carbocycles. The molecule has 0 atom stereocenters. The number of ether oxygens (including phenoxy) is 1. The topological polar surface area (TPSA) is 69.4 Å². The molecule has 0 aliphatic heterocycles. The summed E-state index contributed by atoms with van der Waals surface area (Å²) in [6.45, 7) is 0. The number of rotatable bonds is 3. The lowest BCUT2D eigenvalue weighted by molar-refractivity contribution is 0.386. The number of benzene rings is 1. The van der Waals surface area contributed by atoms with Crippen LogP contribution in [-0.4, -0.2) is 15.5 Å². The van der Waals surface area contributed by atoms with Gasteiger partial charge in [0.25, 0.3) is 0 Å². The van der Waals surface area contributed by atoms with E-state index in [2.05, 4.69) is 4.74 Å². The first-order chi connectivity index (χ1) is 6.42. The van der Waals surface area contributed by atoms with Crippen molar-refractivity contribution in [2.45, 2.75) is 5.75 Å². The molecule has 0 fully saturated rings. The van der Waals surface area contributed by atoms with Crippen LogP contribution in [-0.2, 0) is 15.8 Å². The Labute approximate surface area is 81.5 Å². The Kier molecular flexibility index (Phi) is 3.07. The van der Waals surface area contributed by atoms with Crippen molar-refractivity contribution >= 4 is 10.0 Å². The molecule has 4 nitrogen and oxygen atoms in total. The summed E-state index contributed by atoms with van der Waals surface area (Å²) < 4.78 is 39.0. The minimum atomic E-state index is -3.59. The molecule has 14 heavy (non-hydrogen) atoms. The Bertz CT molecular complexity index is 430. The van der Waals surface area contributed by atoms with Crippen LogP contribution >= 0.6 is 0 Å². The fourth-order valence-corrected chi connectivity index (χ4v) is 1.67. The average molecular weight is 219 g/mol. The predicted molar refractivity (Wildman–Crippen MR) is 49.8 cm³/mol. The Morgan fingerprint density at radius 1 is 1.50 bits per heavy atom. The molecule has 0 amide bonds. The minimum absolute atomic E-state index is 0.00569. The Morgan fingerprint density at radius 3 is 2.64 bits per heavy atom. The van der Waals surface area contributed by atoms with Crippen LogP contribution in [0.2, 0.25) is 0 Å². The Hall–Kier alpha value is -1.14. The van der Waals surface area contributed by atoms with Crippen molar-refractivity contribution in [2.75, 3.05) is 7.11 Å². The highest BCUT2D eigenvalue weighted by Crippen LogP contribution is 2.18. The zero-order chi connectivity index (χ0) is 10.8. The van der Waals surface area contributed by atoms with E-state index >= 15 is 0 Å². The van der Waals surface area contributed by atoms with Crippen molar-refractivity contribution in [3.63, 3.8) is 0 Å². The highest BCUT2D eigenvalue weighted by Gasteiger charge is 2.08. The fraction of sp³-hybridized carbons (Fsp3) is 0.250. The van der Waals surface area contributed by atoms with Gasteiger partial charge in [0.1, 0.15) is 0 Å². The van der Waals surface area contributed by atoms with Gasteiger partial charge < -0.3 is 4.74 Å². The smallest absolute Gasteiger partial charge is 0.213 e. The monoisotopic (exact) mass is 219 g/mol. The average Bonchev–Trinajstić information content (AvgIpc) is 2.06. The zero-order valence-corrected chi connectivity index (χ0v) is 8.34. The van der Waals surface area contributed by atoms with Gasteiger partial charge >= 0.3 is 0 Å². The number of hydrogen-bond acceptors (Lipinski definition) is 3. The third-order valence-corrected chi connectivity index (χ3v) is 2.32. The van der Waals surface area contributed by atoms with Crippen molar-refractivity contribution in [3.8, 4) is 5.75 Å². The molecular weight excluding hydrogens is 209 g/mol. The highest BCUT2D eigenvalue weighted by atomic mass is 32.2. The molecule has 0 saturated heterocycles. The van der Waals surface area contributed by atoms with Gasteiger partial charge in [0.05, 0.1) is 12.9 Å². The quantitative estimate of drug-likeness (QED) is 0.810. The molecule has 78 valence electrons. The molecule has 0 unspecified atom stereocenters. The third kappa shape index (κ3) is 2.97. The Morgan fingerprint density at radius 2 is 2.14 bits per heavy atom. The maximum Gasteiger partial charge on any atom is 0.213 e. The molecular formula is C8H10FNO3S. The normalized spacial score (nSPS) is 11.4. The molecule has 0 aliphatic rings. The first kappa shape index (κ1) is 10.9. The van der Waals surface area contributed by atoms with Crippen molar-refractivity contribution in [1.29, 1.82) is 0 Å². The molecule has 0 spiro atoms. The molecule has 0 radical (unpaired) electrons. The van der Waals surface area contributed by atoms with Crippen LogP contribution in [0.3, 0.4) is 0 Å². The van der Waals surface area contributed by atoms with E-state index in [4.69, 9.17) is 5.14 Å². The summed E-state index contributed by atoms with van der Waals surface area (Å²) in [7, 11) is -2.29. The Balaban J connectivity index is 3.01. The minimum Gasteiger partial charge on any atom is -0.494 e. The lowest BCUT2D eigenvalue weighted by atomic mass is 10.2. The van der Waals surface area contributed by atoms with Gasteiger partial charge in [-0.05, 0) is 17.7 Å². The van der Waals surface area contributed by atoms with Crippen LogP contribution in [0.15, 0.2) is 18.2 Å². The molecule has 1 rings (SSSR count). The van der Waals surface area contributed by atoms with E-state index in [0.29, 0.717) is 5.56 Å². The summed E-state index contributed by atoms with van der Waals surface area (Å²) in [5, 5.41) is 4.83. The molecule has 2 N–H and O–H groups in total. The molecule has 1 aromatic carbocycles. The van der Waals surface area contributed by atoms with Crippen LogP contribution in [0.5, 0.6) is 5.75 Å². The summed E-state index contributed by atoms with van der Waals surface area (Å²) in [6, 6.07) is 3.79. The number of primary sulfonamides is 1. The highest BCUT2D eigenvalue weighted by molar-refractivity contribution is 7.88. The summed E-state index contributed by atoms with van der Waals surface area (Å²) >= 11 is 0. The molecule has 0 heterocycles. The second-order valence-corrected chi connectivity index (χ2v) is 4.39. The summed E-state index contributed by atoms with van der Waals surface area (Å²) in [5.41, 5.74) is 0.394. The van der Waals surface area contributed by atoms with Crippen LogP contribution in [0, 0.1) is 5.82 Å². The first-order valence-electron chi connectivity index (χ1n) is 3.75. The van der Waals surface area contributed by atoms with E-state index in [1.54, 1.807) is 0 Å². The molecule has 0 bridgehead atoms. The van der Waals surface area contributed by atoms with Crippen LogP contribution in [0.4, 0.5) is 4.39 Å². The van der Waals surface area contributed by atoms with Gasteiger partial charge in [0.2, 0.25) is 10.0 Å². The van der Waals surface area contributed by atoms with E-state index in [-0.39, 0.29) is 11.5 Å². The van der Waals surface area contributed by atoms with Gasteiger partial charge in [-0.2, -0.15) is 0 Å². The summed E-state index contributed by atoms with van der Waals surface area (Å²) in [4.78, 5) is 0. The van der Waals surface area contributed by atoms with Gasteiger partial charge in [-0.3, -0.25) is 0 Å². The number of nitrogens with two attached hydrogens (primary N) is 1. The standard InChI is InChI=1S/C8H10FNO3S/c1-13-8-4-6(2-3-7(8)9)5-14(10,11)12/h2-4H,5H2,1H3,(H2,10,11,12). The number of sulfonamides is 1. The van der Waals surface area contributed by atoms with Crippen molar-refractivity contribution < 1.29 is 17.5 Å². The van der Waals surface area contributed by atoms with Gasteiger partial charge in [-0.15, -0.1) is 0 Å². The van der Waals surface area contributed by atoms with E-state index < -0.39 is 15.8 Å². The van der Waals surface area contributed by atoms with Gasteiger partial charge in [0.15, 0.2) is 11.6 Å². The molecule has 6 heteroatoms. The van der Waals surface area contributed by atoms with Gasteiger partial charge in [0, 0.05) is 0 Å². The number of hydrogen-bond donors (Lipinski definition) is 1. The zero-order valence-electron chi connectivity index (χ0n) is 7.53. The van der Waals surface area contributed by atoms with Crippen molar-refractivity contribution in [3.05, 3.63) is 29.6 Å². The fourth-order valence-electron chi connectivity index (χ4n) is 1.03. The van der Waals surface area contributed by atoms with E-state index in [9.17, 15) is 12.8 Å². The second-order valence-electron chi connectivity index (χ2n) is 2.78. The maximum atomic E-state index is 12.9. The van der Waals surface area contributed by atoms with Crippen molar-refractivity contribution in [2.24, 2.45) is 5.14 Å². The van der Waals surface area contributed by atoms with E-state index in [1.807, 2.05) is 0 Å². The molecule has 0 saturated carbocycles. The van der Waals surface area contributed by atoms with E-state index in [1.165, 1.54) is 19.2 Å². The first-order valence-corrected chi connectivity index (χ1v) is 5.47. The number of halogens is 1. The van der Waals surface area contributed by atoms with Crippen LogP contribution in [0.1, 0.15) is 5.56 Å². The lowest BCUT2D eigenvalue weighted by Gasteiger charge is -2.04. The molecule has 0 aromatic heterocycles. The van der Waals surface area contributed by atoms with Crippen LogP contribution in [0.25, 0.3) is 0 Å². The molecule has 1 aromatic rings. The summed E-state index contributed by atoms with van der Waals surface area (Å²) in [6.07, 6.45) is 0. The van der Waals surface area contributed by atoms with E-state index in [0.717, 1.165) is 6.07 Å². The van der Waals surface area contributed by atoms with Crippen molar-refractivity contribution in [1.82, 2.24) is 0 Å². The van der Waals surface area contributed by atoms with Gasteiger partial charge in [-0.25, -0.2) is 17.9 Å². The maximum absolute atomic E-state index is 12.9. The second kappa shape index (κ2) is 3.93.